The summed E-state index contributed by atoms with van der Waals surface area (Å²) in [6.45, 7) is 1.85. The smallest absolute Gasteiger partial charge is 0.253 e. The van der Waals surface area contributed by atoms with Crippen LogP contribution in [0, 0.1) is 0 Å². The maximum Gasteiger partial charge on any atom is 0.253 e. The Labute approximate surface area is 163 Å². The number of ether oxygens (including phenoxy) is 1. The van der Waals surface area contributed by atoms with Crippen molar-refractivity contribution in [2.75, 3.05) is 11.9 Å². The van der Waals surface area contributed by atoms with Crippen molar-refractivity contribution in [2.45, 2.75) is 57.7 Å². The van der Waals surface area contributed by atoms with Gasteiger partial charge in [-0.15, -0.1) is 10.2 Å². The number of aryl methyl sites for hydroxylation is 1. The molecule has 2 amide bonds. The summed E-state index contributed by atoms with van der Waals surface area (Å²) in [6, 6.07) is 6.92. The molecule has 0 radical (unpaired) electrons. The van der Waals surface area contributed by atoms with Crippen LogP contribution in [0.1, 0.15) is 54.1 Å². The van der Waals surface area contributed by atoms with Gasteiger partial charge in [0.2, 0.25) is 0 Å². The van der Waals surface area contributed by atoms with Crippen molar-refractivity contribution in [1.82, 2.24) is 20.1 Å². The molecule has 8 heteroatoms. The van der Waals surface area contributed by atoms with E-state index in [4.69, 9.17) is 4.74 Å². The van der Waals surface area contributed by atoms with Crippen LogP contribution in [0.2, 0.25) is 0 Å². The van der Waals surface area contributed by atoms with Gasteiger partial charge in [-0.1, -0.05) is 12.5 Å². The van der Waals surface area contributed by atoms with Crippen molar-refractivity contribution >= 4 is 17.5 Å². The molecular formula is C20H25N5O3. The number of rotatable bonds is 5. The van der Waals surface area contributed by atoms with Crippen LogP contribution in [-0.2, 0) is 29.0 Å². The Morgan fingerprint density at radius 2 is 2.11 bits per heavy atom. The number of benzene rings is 1. The van der Waals surface area contributed by atoms with E-state index in [-0.39, 0.29) is 11.8 Å². The maximum absolute atomic E-state index is 12.6. The topological polar surface area (TPSA) is 98.1 Å². The van der Waals surface area contributed by atoms with Gasteiger partial charge in [0.15, 0.2) is 5.82 Å². The molecule has 2 aliphatic heterocycles. The van der Waals surface area contributed by atoms with E-state index >= 15 is 0 Å². The number of anilines is 1. The number of hydrogen-bond donors (Lipinski definition) is 2. The highest BCUT2D eigenvalue weighted by molar-refractivity contribution is 5.98. The van der Waals surface area contributed by atoms with E-state index in [2.05, 4.69) is 25.4 Å². The first kappa shape index (κ1) is 18.6. The Bertz CT molecular complexity index is 857. The predicted molar refractivity (Wildman–Crippen MR) is 103 cm³/mol. The van der Waals surface area contributed by atoms with Gasteiger partial charge < -0.3 is 19.9 Å². The summed E-state index contributed by atoms with van der Waals surface area (Å²) in [5, 5.41) is 14.2. The summed E-state index contributed by atoms with van der Waals surface area (Å²) in [7, 11) is 0. The number of nitrogens with zero attached hydrogens (tertiary/aromatic N) is 3. The number of nitrogens with one attached hydrogen (secondary N) is 2. The molecule has 28 heavy (non-hydrogen) atoms. The lowest BCUT2D eigenvalue weighted by Crippen LogP contribution is -2.27. The van der Waals surface area contributed by atoms with Crippen LogP contribution in [0.25, 0.3) is 0 Å². The third-order valence-corrected chi connectivity index (χ3v) is 5.21. The lowest BCUT2D eigenvalue weighted by atomic mass is 10.1. The number of amides is 2. The van der Waals surface area contributed by atoms with Gasteiger partial charge in [0.05, 0.1) is 6.54 Å². The SMILES string of the molecule is O=C(NCc1nnc2n1CCCCC2)c1cccc(NC(=O)C2CCCO2)c1. The molecular weight excluding hydrogens is 358 g/mol. The fraction of sp³-hybridized carbons (Fsp3) is 0.500. The van der Waals surface area contributed by atoms with E-state index in [9.17, 15) is 9.59 Å². The zero-order valence-electron chi connectivity index (χ0n) is 15.8. The maximum atomic E-state index is 12.6. The molecule has 1 aromatic carbocycles. The largest absolute Gasteiger partial charge is 0.368 e. The molecule has 1 aromatic heterocycles. The summed E-state index contributed by atoms with van der Waals surface area (Å²) in [6.07, 6.45) is 5.60. The quantitative estimate of drug-likeness (QED) is 0.823. The average Bonchev–Trinajstić information content (AvgIpc) is 3.32. The molecule has 1 atom stereocenters. The van der Waals surface area contributed by atoms with E-state index < -0.39 is 6.10 Å². The van der Waals surface area contributed by atoms with Gasteiger partial charge in [-0.25, -0.2) is 0 Å². The summed E-state index contributed by atoms with van der Waals surface area (Å²) >= 11 is 0. The van der Waals surface area contributed by atoms with Crippen LogP contribution in [0.15, 0.2) is 24.3 Å². The van der Waals surface area contributed by atoms with Crippen molar-refractivity contribution in [1.29, 1.82) is 0 Å². The van der Waals surface area contributed by atoms with E-state index in [1.54, 1.807) is 24.3 Å². The molecule has 2 N–H and O–H groups in total. The van der Waals surface area contributed by atoms with Crippen LogP contribution in [0.5, 0.6) is 0 Å². The number of carbonyl (C=O) groups excluding carboxylic acids is 2. The molecule has 4 rings (SSSR count). The Balaban J connectivity index is 1.37. The molecule has 2 aromatic rings. The van der Waals surface area contributed by atoms with Crippen molar-refractivity contribution < 1.29 is 14.3 Å². The zero-order chi connectivity index (χ0) is 19.3. The van der Waals surface area contributed by atoms with Crippen LogP contribution in [0.3, 0.4) is 0 Å². The molecule has 0 spiro atoms. The normalized spacial score (nSPS) is 18.9. The Morgan fingerprint density at radius 3 is 2.96 bits per heavy atom. The molecule has 148 valence electrons. The molecule has 0 bridgehead atoms. The van der Waals surface area contributed by atoms with E-state index in [0.29, 0.717) is 24.4 Å². The summed E-state index contributed by atoms with van der Waals surface area (Å²) in [5.74, 6) is 1.41. The van der Waals surface area contributed by atoms with Gasteiger partial charge in [0.1, 0.15) is 11.9 Å². The van der Waals surface area contributed by atoms with Gasteiger partial charge in [0, 0.05) is 30.8 Å². The van der Waals surface area contributed by atoms with Crippen LogP contribution in [0.4, 0.5) is 5.69 Å². The third kappa shape index (κ3) is 4.22. The van der Waals surface area contributed by atoms with Crippen molar-refractivity contribution in [3.8, 4) is 0 Å². The minimum absolute atomic E-state index is 0.166. The lowest BCUT2D eigenvalue weighted by molar-refractivity contribution is -0.124. The first-order valence-corrected chi connectivity index (χ1v) is 9.92. The first-order chi connectivity index (χ1) is 13.7. The molecule has 3 heterocycles. The van der Waals surface area contributed by atoms with Gasteiger partial charge in [-0.2, -0.15) is 0 Å². The molecule has 1 fully saturated rings. The van der Waals surface area contributed by atoms with Crippen LogP contribution < -0.4 is 10.6 Å². The van der Waals surface area contributed by atoms with Crippen molar-refractivity contribution in [3.63, 3.8) is 0 Å². The highest BCUT2D eigenvalue weighted by atomic mass is 16.5. The van der Waals surface area contributed by atoms with Crippen molar-refractivity contribution in [2.24, 2.45) is 0 Å². The third-order valence-electron chi connectivity index (χ3n) is 5.21. The van der Waals surface area contributed by atoms with Crippen LogP contribution >= 0.6 is 0 Å². The fourth-order valence-electron chi connectivity index (χ4n) is 3.68. The molecule has 1 saturated heterocycles. The number of fused-ring (bicyclic) bond motifs is 1. The number of hydrogen-bond acceptors (Lipinski definition) is 5. The molecule has 2 aliphatic rings. The van der Waals surface area contributed by atoms with Gasteiger partial charge >= 0.3 is 0 Å². The molecule has 0 aliphatic carbocycles. The van der Waals surface area contributed by atoms with E-state index in [1.807, 2.05) is 0 Å². The highest BCUT2D eigenvalue weighted by Gasteiger charge is 2.23. The second-order valence-corrected chi connectivity index (χ2v) is 7.25. The second-order valence-electron chi connectivity index (χ2n) is 7.25. The lowest BCUT2D eigenvalue weighted by Gasteiger charge is -2.12. The fourth-order valence-corrected chi connectivity index (χ4v) is 3.68. The standard InChI is InChI=1S/C20H25N5O3/c26-19(21-13-18-24-23-17-9-2-1-3-10-25(17)18)14-6-4-7-15(12-14)22-20(27)16-8-5-11-28-16/h4,6-7,12,16H,1-3,5,8-11,13H2,(H,21,26)(H,22,27). The Hall–Kier alpha value is -2.74. The van der Waals surface area contributed by atoms with Gasteiger partial charge in [-0.3, -0.25) is 9.59 Å². The minimum Gasteiger partial charge on any atom is -0.368 e. The summed E-state index contributed by atoms with van der Waals surface area (Å²) < 4.78 is 7.51. The predicted octanol–water partition coefficient (Wildman–Crippen LogP) is 2.05. The Kier molecular flexibility index (Phi) is 5.66. The van der Waals surface area contributed by atoms with Gasteiger partial charge in [0.25, 0.3) is 11.8 Å². The molecule has 8 nitrogen and oxygen atoms in total. The van der Waals surface area contributed by atoms with Gasteiger partial charge in [-0.05, 0) is 43.9 Å². The number of aromatic nitrogens is 3. The molecule has 0 saturated carbocycles. The summed E-state index contributed by atoms with van der Waals surface area (Å²) in [5.41, 5.74) is 1.07. The van der Waals surface area contributed by atoms with E-state index in [1.165, 1.54) is 6.42 Å². The zero-order valence-corrected chi connectivity index (χ0v) is 15.8. The second kappa shape index (κ2) is 8.52. The average molecular weight is 383 g/mol. The van der Waals surface area contributed by atoms with E-state index in [0.717, 1.165) is 50.3 Å². The van der Waals surface area contributed by atoms with Crippen molar-refractivity contribution in [3.05, 3.63) is 41.5 Å². The number of carbonyl (C=O) groups is 2. The van der Waals surface area contributed by atoms with Crippen LogP contribution in [-0.4, -0.2) is 39.3 Å². The Morgan fingerprint density at radius 1 is 1.18 bits per heavy atom. The first-order valence-electron chi connectivity index (χ1n) is 9.92. The molecule has 1 unspecified atom stereocenters. The highest BCUT2D eigenvalue weighted by Crippen LogP contribution is 2.17. The monoisotopic (exact) mass is 383 g/mol. The minimum atomic E-state index is -0.402. The summed E-state index contributed by atoms with van der Waals surface area (Å²) in [4.78, 5) is 24.8.